The second kappa shape index (κ2) is 21.0. The van der Waals surface area contributed by atoms with Gasteiger partial charge in [-0.2, -0.15) is 0 Å². The molecular formula is C60H60. The first kappa shape index (κ1) is 43.2. The van der Waals surface area contributed by atoms with E-state index in [2.05, 4.69) is 205 Å². The molecule has 0 saturated heterocycles. The average Bonchev–Trinajstić information content (AvgIpc) is 3.33. The highest BCUT2D eigenvalue weighted by atomic mass is 14.3. The van der Waals surface area contributed by atoms with Crippen LogP contribution in [0.3, 0.4) is 0 Å². The number of rotatable bonds is 5. The largest absolute Gasteiger partial charge is 0.115 e. The van der Waals surface area contributed by atoms with E-state index in [1.165, 1.54) is 56.6 Å². The van der Waals surface area contributed by atoms with E-state index in [0.717, 1.165) is 64.7 Å². The summed E-state index contributed by atoms with van der Waals surface area (Å²) in [6.45, 7) is 20.5. The summed E-state index contributed by atoms with van der Waals surface area (Å²) in [5.41, 5.74) is 18.8. The summed E-state index contributed by atoms with van der Waals surface area (Å²) >= 11 is 0. The Bertz CT molecular complexity index is 2490. The van der Waals surface area contributed by atoms with Crippen LogP contribution in [0.2, 0.25) is 0 Å². The van der Waals surface area contributed by atoms with Crippen LogP contribution < -0.4 is 0 Å². The summed E-state index contributed by atoms with van der Waals surface area (Å²) in [5, 5.41) is 0. The van der Waals surface area contributed by atoms with Crippen molar-refractivity contribution >= 4 is 22.3 Å². The van der Waals surface area contributed by atoms with E-state index in [-0.39, 0.29) is 0 Å². The third-order valence-electron chi connectivity index (χ3n) is 12.0. The zero-order chi connectivity index (χ0) is 42.4. The lowest BCUT2D eigenvalue weighted by Crippen LogP contribution is -2.05. The van der Waals surface area contributed by atoms with Gasteiger partial charge in [0.2, 0.25) is 0 Å². The monoisotopic (exact) mass is 780 g/mol. The van der Waals surface area contributed by atoms with Gasteiger partial charge in [0.15, 0.2) is 0 Å². The first-order valence-electron chi connectivity index (χ1n) is 21.5. The van der Waals surface area contributed by atoms with Gasteiger partial charge < -0.3 is 0 Å². The molecule has 0 N–H and O–H groups in total. The van der Waals surface area contributed by atoms with Crippen molar-refractivity contribution < 1.29 is 0 Å². The Hall–Kier alpha value is -6.42. The lowest BCUT2D eigenvalue weighted by molar-refractivity contribution is 0.445. The highest BCUT2D eigenvalue weighted by Gasteiger charge is 2.22. The Kier molecular flexibility index (Phi) is 15.1. The standard InChI is InChI=1S/C60H60/c1-9-49-36-40-51(41-37-49)57-28-20-27-55-38-30-43(3)29-31-44(4)56(60(55)54-25-18-13-19-26-54)42-35-48(8)59(53-23-16-12-17-24-53)46(6)33-32-45(5)58(52-21-14-11-15-22-52)47(7)34-39-50(57)10-2/h1,10-27,32-37,39-44H,2,5,28-31,38H2,3-4,6-8H3. The van der Waals surface area contributed by atoms with Crippen LogP contribution in [0, 0.1) is 24.2 Å². The molecule has 0 fully saturated rings. The first-order valence-corrected chi connectivity index (χ1v) is 21.5. The van der Waals surface area contributed by atoms with E-state index >= 15 is 0 Å². The van der Waals surface area contributed by atoms with E-state index in [4.69, 9.17) is 6.42 Å². The molecule has 0 radical (unpaired) electrons. The number of allylic oxidation sites excluding steroid dienone is 20. The Balaban J connectivity index is 1.67. The summed E-state index contributed by atoms with van der Waals surface area (Å²) in [7, 11) is 0. The molecule has 0 aromatic heterocycles. The predicted octanol–water partition coefficient (Wildman–Crippen LogP) is 16.4. The van der Waals surface area contributed by atoms with Gasteiger partial charge in [0.1, 0.15) is 0 Å². The second-order valence-electron chi connectivity index (χ2n) is 16.4. The van der Waals surface area contributed by atoms with Crippen LogP contribution in [-0.4, -0.2) is 0 Å². The van der Waals surface area contributed by atoms with Crippen LogP contribution in [0.25, 0.3) is 22.3 Å². The molecule has 4 aromatic carbocycles. The topological polar surface area (TPSA) is 0 Å². The number of hydrogen-bond acceptors (Lipinski definition) is 0. The highest BCUT2D eigenvalue weighted by Crippen LogP contribution is 2.40. The summed E-state index contributed by atoms with van der Waals surface area (Å²) < 4.78 is 0. The van der Waals surface area contributed by atoms with E-state index in [0.29, 0.717) is 11.8 Å². The van der Waals surface area contributed by atoms with Crippen molar-refractivity contribution in [1.82, 2.24) is 0 Å². The molecule has 2 aliphatic rings. The van der Waals surface area contributed by atoms with Gasteiger partial charge in [-0.1, -0.05) is 197 Å². The third-order valence-corrected chi connectivity index (χ3v) is 12.0. The van der Waals surface area contributed by atoms with Crippen molar-refractivity contribution in [1.29, 1.82) is 0 Å². The first-order chi connectivity index (χ1) is 29.2. The number of hydrogen-bond donors (Lipinski definition) is 0. The van der Waals surface area contributed by atoms with Crippen molar-refractivity contribution in [3.8, 4) is 12.3 Å². The van der Waals surface area contributed by atoms with E-state index in [9.17, 15) is 0 Å². The molecule has 6 rings (SSSR count). The zero-order valence-electron chi connectivity index (χ0n) is 36.3. The number of fused-ring (bicyclic) bond motifs is 1. The fourth-order valence-corrected chi connectivity index (χ4v) is 8.58. The highest BCUT2D eigenvalue weighted by molar-refractivity contribution is 5.88. The number of terminal acetylenes is 1. The van der Waals surface area contributed by atoms with Crippen LogP contribution in [0.1, 0.15) is 94.5 Å². The molecule has 0 saturated carbocycles. The molecule has 60 heavy (non-hydrogen) atoms. The molecule has 4 aromatic rings. The minimum absolute atomic E-state index is 0.369. The maximum absolute atomic E-state index is 5.80. The van der Waals surface area contributed by atoms with E-state index in [1.54, 1.807) is 0 Å². The van der Waals surface area contributed by atoms with Crippen molar-refractivity contribution in [2.24, 2.45) is 11.8 Å². The summed E-state index contributed by atoms with van der Waals surface area (Å²) in [4.78, 5) is 0. The minimum atomic E-state index is 0.369. The summed E-state index contributed by atoms with van der Waals surface area (Å²) in [5.74, 6) is 3.80. The summed E-state index contributed by atoms with van der Waals surface area (Å²) in [6, 6.07) is 40.8. The van der Waals surface area contributed by atoms with Gasteiger partial charge in [0.25, 0.3) is 0 Å². The second-order valence-corrected chi connectivity index (χ2v) is 16.4. The molecule has 300 valence electrons. The molecule has 0 aliphatic heterocycles. The van der Waals surface area contributed by atoms with Gasteiger partial charge >= 0.3 is 0 Å². The van der Waals surface area contributed by atoms with Gasteiger partial charge in [-0.05, 0) is 154 Å². The molecule has 2 aliphatic carbocycles. The molecule has 0 heteroatoms. The minimum Gasteiger partial charge on any atom is -0.115 e. The van der Waals surface area contributed by atoms with E-state index in [1.807, 2.05) is 18.2 Å². The number of benzene rings is 4. The quantitative estimate of drug-likeness (QED) is 0.177. The van der Waals surface area contributed by atoms with Gasteiger partial charge in [-0.15, -0.1) is 6.42 Å². The Morgan fingerprint density at radius 2 is 1.17 bits per heavy atom. The molecular weight excluding hydrogens is 721 g/mol. The van der Waals surface area contributed by atoms with Gasteiger partial charge in [-0.3, -0.25) is 0 Å². The molecule has 2 unspecified atom stereocenters. The van der Waals surface area contributed by atoms with Crippen molar-refractivity contribution in [3.05, 3.63) is 250 Å². The van der Waals surface area contributed by atoms with Gasteiger partial charge in [0, 0.05) is 5.56 Å². The third kappa shape index (κ3) is 10.8. The zero-order valence-corrected chi connectivity index (χ0v) is 36.3. The molecule has 0 amide bonds. The van der Waals surface area contributed by atoms with Crippen LogP contribution in [-0.2, 0) is 0 Å². The predicted molar refractivity (Wildman–Crippen MR) is 263 cm³/mol. The van der Waals surface area contributed by atoms with Crippen LogP contribution in [0.5, 0.6) is 0 Å². The van der Waals surface area contributed by atoms with E-state index < -0.39 is 0 Å². The average molecular weight is 781 g/mol. The van der Waals surface area contributed by atoms with Crippen LogP contribution >= 0.6 is 0 Å². The smallest absolute Gasteiger partial charge is 0.0243 e. The molecule has 0 nitrogen and oxygen atoms in total. The summed E-state index contributed by atoms with van der Waals surface area (Å²) in [6.07, 6.45) is 31.5. The fourth-order valence-electron chi connectivity index (χ4n) is 8.58. The maximum atomic E-state index is 5.80. The molecule has 2 atom stereocenters. The molecule has 0 spiro atoms. The lowest BCUT2D eigenvalue weighted by atomic mass is 9.83. The van der Waals surface area contributed by atoms with Gasteiger partial charge in [0.05, 0.1) is 0 Å². The Morgan fingerprint density at radius 1 is 0.600 bits per heavy atom. The fraction of sp³-hybridized carbons (Fsp3) is 0.200. The van der Waals surface area contributed by atoms with Crippen molar-refractivity contribution in [2.45, 2.75) is 66.7 Å². The van der Waals surface area contributed by atoms with Crippen molar-refractivity contribution in [2.75, 3.05) is 0 Å². The van der Waals surface area contributed by atoms with Crippen molar-refractivity contribution in [3.63, 3.8) is 0 Å². The Labute approximate surface area is 361 Å². The molecule has 2 bridgehead atoms. The van der Waals surface area contributed by atoms with Gasteiger partial charge in [-0.25, -0.2) is 0 Å². The normalized spacial score (nSPS) is 18.9. The SMILES string of the molecule is C#Cc1ccc(C2=C(C=C)C=CC(C)=C(c3ccccc3)C(=C)C=CC(C)=C(c3ccccc3)C(C)=CC=C3C(c4ccccc4)=C(C=CC2)CCC(C)CCC3C)cc1. The van der Waals surface area contributed by atoms with Crippen LogP contribution in [0.15, 0.2) is 222 Å². The Morgan fingerprint density at radius 3 is 1.77 bits per heavy atom. The maximum Gasteiger partial charge on any atom is 0.0243 e. The van der Waals surface area contributed by atoms with Crippen LogP contribution in [0.4, 0.5) is 0 Å². The molecule has 0 heterocycles. The lowest BCUT2D eigenvalue weighted by Gasteiger charge is -2.22.